The van der Waals surface area contributed by atoms with Crippen molar-refractivity contribution in [3.8, 4) is 0 Å². The van der Waals surface area contributed by atoms with E-state index in [1.54, 1.807) is 12.4 Å². The molecule has 0 spiro atoms. The van der Waals surface area contributed by atoms with E-state index in [1.165, 1.54) is 13.3 Å². The van der Waals surface area contributed by atoms with Gasteiger partial charge in [-0.15, -0.1) is 0 Å². The molecule has 5 nitrogen and oxygen atoms in total. The number of rotatable bonds is 1. The zero-order valence-corrected chi connectivity index (χ0v) is 6.94. The molecule has 0 fully saturated rings. The maximum Gasteiger partial charge on any atom is 0.340 e. The fraction of sp³-hybridized carbons (Fsp3) is 0.125. The fourth-order valence-electron chi connectivity index (χ4n) is 1.14. The first-order valence-electron chi connectivity index (χ1n) is 3.68. The van der Waals surface area contributed by atoms with Crippen LogP contribution in [0.1, 0.15) is 10.4 Å². The number of ether oxygens (including phenoxy) is 1. The number of hydrogen-bond acceptors (Lipinski definition) is 4. The number of esters is 1. The number of carbonyl (C=O) groups is 1. The van der Waals surface area contributed by atoms with Crippen LogP contribution in [0.5, 0.6) is 0 Å². The number of nitrogens with one attached hydrogen (secondary N) is 1. The Morgan fingerprint density at radius 3 is 3.08 bits per heavy atom. The number of nitrogens with zero attached hydrogens (tertiary/aromatic N) is 2. The van der Waals surface area contributed by atoms with Gasteiger partial charge in [-0.2, -0.15) is 5.10 Å². The van der Waals surface area contributed by atoms with E-state index < -0.39 is 5.97 Å². The standard InChI is InChI=1S/C8H7N3O2/c1-13-8(12)6-2-9-4-7-5(6)3-10-11-7/h2-4H,1H3,(H,10,11). The summed E-state index contributed by atoms with van der Waals surface area (Å²) < 4.78 is 4.59. The minimum Gasteiger partial charge on any atom is -0.465 e. The summed E-state index contributed by atoms with van der Waals surface area (Å²) in [6.45, 7) is 0. The van der Waals surface area contributed by atoms with Gasteiger partial charge < -0.3 is 4.74 Å². The molecule has 0 bridgehead atoms. The highest BCUT2D eigenvalue weighted by molar-refractivity contribution is 6.02. The van der Waals surface area contributed by atoms with Crippen LogP contribution < -0.4 is 0 Å². The molecule has 0 saturated heterocycles. The lowest BCUT2D eigenvalue weighted by molar-refractivity contribution is 0.0602. The molecular weight excluding hydrogens is 170 g/mol. The summed E-state index contributed by atoms with van der Waals surface area (Å²) in [6, 6.07) is 0. The zero-order valence-electron chi connectivity index (χ0n) is 6.94. The number of aromatic nitrogens is 3. The molecule has 0 saturated carbocycles. The Labute approximate surface area is 73.7 Å². The summed E-state index contributed by atoms with van der Waals surface area (Å²) in [5, 5.41) is 7.25. The Balaban J connectivity index is 2.67. The van der Waals surface area contributed by atoms with Crippen LogP contribution in [-0.4, -0.2) is 28.3 Å². The Morgan fingerprint density at radius 2 is 2.31 bits per heavy atom. The summed E-state index contributed by atoms with van der Waals surface area (Å²) in [5.74, 6) is -0.403. The highest BCUT2D eigenvalue weighted by Gasteiger charge is 2.11. The van der Waals surface area contributed by atoms with Gasteiger partial charge in [-0.05, 0) is 0 Å². The van der Waals surface area contributed by atoms with Crippen LogP contribution in [0.2, 0.25) is 0 Å². The first-order valence-corrected chi connectivity index (χ1v) is 3.68. The first kappa shape index (κ1) is 7.72. The van der Waals surface area contributed by atoms with E-state index in [4.69, 9.17) is 0 Å². The molecule has 0 aliphatic rings. The van der Waals surface area contributed by atoms with E-state index >= 15 is 0 Å². The molecule has 2 rings (SSSR count). The number of H-pyrrole nitrogens is 1. The number of methoxy groups -OCH3 is 1. The minimum atomic E-state index is -0.403. The quantitative estimate of drug-likeness (QED) is 0.652. The highest BCUT2D eigenvalue weighted by Crippen LogP contribution is 2.14. The second kappa shape index (κ2) is 2.85. The Bertz CT molecular complexity index is 449. The van der Waals surface area contributed by atoms with Crippen molar-refractivity contribution in [2.45, 2.75) is 0 Å². The Hall–Kier alpha value is -1.91. The van der Waals surface area contributed by atoms with Gasteiger partial charge >= 0.3 is 5.97 Å². The number of aromatic amines is 1. The molecule has 0 aromatic carbocycles. The van der Waals surface area contributed by atoms with Gasteiger partial charge in [0.2, 0.25) is 0 Å². The number of fused-ring (bicyclic) bond motifs is 1. The lowest BCUT2D eigenvalue weighted by Gasteiger charge is -1.98. The van der Waals surface area contributed by atoms with E-state index in [2.05, 4.69) is 19.9 Å². The SMILES string of the molecule is COC(=O)c1cncc2[nH]ncc12. The summed E-state index contributed by atoms with van der Waals surface area (Å²) in [5.41, 5.74) is 1.15. The van der Waals surface area contributed by atoms with Gasteiger partial charge in [0.1, 0.15) is 0 Å². The highest BCUT2D eigenvalue weighted by atomic mass is 16.5. The monoisotopic (exact) mass is 177 g/mol. The van der Waals surface area contributed by atoms with Gasteiger partial charge in [0.05, 0.1) is 30.6 Å². The van der Waals surface area contributed by atoms with Gasteiger partial charge in [-0.25, -0.2) is 4.79 Å². The molecule has 0 radical (unpaired) electrons. The van der Waals surface area contributed by atoms with Gasteiger partial charge in [-0.1, -0.05) is 0 Å². The van der Waals surface area contributed by atoms with Crippen molar-refractivity contribution in [2.75, 3.05) is 7.11 Å². The molecule has 0 aliphatic heterocycles. The van der Waals surface area contributed by atoms with Crippen LogP contribution >= 0.6 is 0 Å². The van der Waals surface area contributed by atoms with Crippen molar-refractivity contribution in [1.29, 1.82) is 0 Å². The van der Waals surface area contributed by atoms with Gasteiger partial charge in [0.25, 0.3) is 0 Å². The molecule has 2 heterocycles. The van der Waals surface area contributed by atoms with E-state index in [0.29, 0.717) is 5.56 Å². The second-order valence-electron chi connectivity index (χ2n) is 2.51. The van der Waals surface area contributed by atoms with Crippen LogP contribution in [0.4, 0.5) is 0 Å². The minimum absolute atomic E-state index is 0.403. The first-order chi connectivity index (χ1) is 6.33. The normalized spacial score (nSPS) is 10.2. The Morgan fingerprint density at radius 1 is 1.46 bits per heavy atom. The van der Waals surface area contributed by atoms with Crippen molar-refractivity contribution in [3.05, 3.63) is 24.2 Å². The van der Waals surface area contributed by atoms with Crippen molar-refractivity contribution >= 4 is 16.9 Å². The fourth-order valence-corrected chi connectivity index (χ4v) is 1.14. The molecule has 0 unspecified atom stereocenters. The third-order valence-corrected chi connectivity index (χ3v) is 1.77. The smallest absolute Gasteiger partial charge is 0.340 e. The van der Waals surface area contributed by atoms with Crippen molar-refractivity contribution in [1.82, 2.24) is 15.2 Å². The van der Waals surface area contributed by atoms with Crippen LogP contribution in [-0.2, 0) is 4.74 Å². The molecule has 66 valence electrons. The van der Waals surface area contributed by atoms with Crippen molar-refractivity contribution in [3.63, 3.8) is 0 Å². The molecule has 2 aromatic heterocycles. The number of hydrogen-bond donors (Lipinski definition) is 1. The summed E-state index contributed by atoms with van der Waals surface area (Å²) in [7, 11) is 1.33. The van der Waals surface area contributed by atoms with Gasteiger partial charge in [-0.3, -0.25) is 10.1 Å². The molecule has 0 amide bonds. The van der Waals surface area contributed by atoms with E-state index in [9.17, 15) is 4.79 Å². The summed E-state index contributed by atoms with van der Waals surface area (Å²) in [4.78, 5) is 15.1. The molecule has 5 heteroatoms. The molecular formula is C8H7N3O2. The van der Waals surface area contributed by atoms with Crippen molar-refractivity contribution in [2.24, 2.45) is 0 Å². The molecule has 2 aromatic rings. The average molecular weight is 177 g/mol. The topological polar surface area (TPSA) is 67.9 Å². The second-order valence-corrected chi connectivity index (χ2v) is 2.51. The molecule has 1 N–H and O–H groups in total. The van der Waals surface area contributed by atoms with Gasteiger partial charge in [0, 0.05) is 11.6 Å². The van der Waals surface area contributed by atoms with Crippen LogP contribution in [0.25, 0.3) is 10.9 Å². The predicted molar refractivity (Wildman–Crippen MR) is 45.2 cm³/mol. The van der Waals surface area contributed by atoms with Crippen LogP contribution in [0.15, 0.2) is 18.6 Å². The molecule has 0 atom stereocenters. The third-order valence-electron chi connectivity index (χ3n) is 1.77. The molecule has 0 aliphatic carbocycles. The maximum absolute atomic E-state index is 11.2. The largest absolute Gasteiger partial charge is 0.465 e. The number of carbonyl (C=O) groups excluding carboxylic acids is 1. The molecule has 13 heavy (non-hydrogen) atoms. The van der Waals surface area contributed by atoms with Gasteiger partial charge in [0.15, 0.2) is 0 Å². The van der Waals surface area contributed by atoms with E-state index in [0.717, 1.165) is 10.9 Å². The van der Waals surface area contributed by atoms with E-state index in [1.807, 2.05) is 0 Å². The summed E-state index contributed by atoms with van der Waals surface area (Å²) in [6.07, 6.45) is 4.64. The predicted octanol–water partition coefficient (Wildman–Crippen LogP) is 0.744. The number of pyridine rings is 1. The zero-order chi connectivity index (χ0) is 9.26. The average Bonchev–Trinajstić information content (AvgIpc) is 2.63. The van der Waals surface area contributed by atoms with Crippen molar-refractivity contribution < 1.29 is 9.53 Å². The lowest BCUT2D eigenvalue weighted by atomic mass is 10.2. The summed E-state index contributed by atoms with van der Waals surface area (Å²) >= 11 is 0. The van der Waals surface area contributed by atoms with Crippen LogP contribution in [0.3, 0.4) is 0 Å². The third kappa shape index (κ3) is 1.14. The Kier molecular flexibility index (Phi) is 1.70. The van der Waals surface area contributed by atoms with Crippen LogP contribution in [0, 0.1) is 0 Å². The van der Waals surface area contributed by atoms with E-state index in [-0.39, 0.29) is 0 Å². The maximum atomic E-state index is 11.2. The lowest BCUT2D eigenvalue weighted by Crippen LogP contribution is -2.01.